The Kier molecular flexibility index (Phi) is 5.71. The molecule has 0 aromatic heterocycles. The second-order valence-electron chi connectivity index (χ2n) is 4.03. The molecule has 0 N–H and O–H groups in total. The number of ether oxygens (including phenoxy) is 1. The summed E-state index contributed by atoms with van der Waals surface area (Å²) in [6, 6.07) is 14.6. The van der Waals surface area contributed by atoms with Crippen LogP contribution in [0.15, 0.2) is 46.9 Å². The van der Waals surface area contributed by atoms with E-state index in [9.17, 15) is 0 Å². The highest BCUT2D eigenvalue weighted by Gasteiger charge is 2.14. The molecule has 0 bridgehead atoms. The van der Waals surface area contributed by atoms with E-state index in [0.29, 0.717) is 6.61 Å². The van der Waals surface area contributed by atoms with E-state index in [1.165, 1.54) is 14.7 Å². The summed E-state index contributed by atoms with van der Waals surface area (Å²) in [6.07, 6.45) is 0. The lowest BCUT2D eigenvalue weighted by Crippen LogP contribution is -1.96. The number of halogens is 3. The molecule has 0 spiro atoms. The van der Waals surface area contributed by atoms with Crippen LogP contribution in [0.25, 0.3) is 0 Å². The van der Waals surface area contributed by atoms with E-state index >= 15 is 0 Å². The van der Waals surface area contributed by atoms with Gasteiger partial charge in [-0.25, -0.2) is 0 Å². The fourth-order valence-electron chi connectivity index (χ4n) is 1.81. The Balaban J connectivity index is 2.31. The van der Waals surface area contributed by atoms with Crippen molar-refractivity contribution >= 4 is 54.5 Å². The first-order valence-electron chi connectivity index (χ1n) is 5.93. The molecule has 1 nitrogen and oxygen atoms in total. The molecule has 0 aliphatic heterocycles. The maximum Gasteiger partial charge on any atom is 0.120 e. The molecule has 0 radical (unpaired) electrons. The minimum absolute atomic E-state index is 0.173. The normalized spacial score (nSPS) is 12.2. The molecular weight excluding hydrogens is 483 g/mol. The number of benzene rings is 2. The van der Waals surface area contributed by atoms with Gasteiger partial charge >= 0.3 is 0 Å². The molecule has 0 fully saturated rings. The van der Waals surface area contributed by atoms with Gasteiger partial charge < -0.3 is 4.74 Å². The van der Waals surface area contributed by atoms with Gasteiger partial charge in [0.2, 0.25) is 0 Å². The third-order valence-corrected chi connectivity index (χ3v) is 5.08. The number of hydrogen-bond acceptors (Lipinski definition) is 1. The van der Waals surface area contributed by atoms with Gasteiger partial charge in [0.25, 0.3) is 0 Å². The molecule has 0 heterocycles. The van der Waals surface area contributed by atoms with E-state index < -0.39 is 0 Å². The molecule has 2 aromatic rings. The van der Waals surface area contributed by atoms with Crippen LogP contribution >= 0.6 is 54.5 Å². The molecule has 0 aliphatic rings. The van der Waals surface area contributed by atoms with E-state index in [1.807, 2.05) is 19.1 Å². The Morgan fingerprint density at radius 3 is 2.63 bits per heavy atom. The van der Waals surface area contributed by atoms with Crippen LogP contribution in [0, 0.1) is 3.57 Å². The lowest BCUT2D eigenvalue weighted by Gasteiger charge is -2.14. The first kappa shape index (κ1) is 15.3. The van der Waals surface area contributed by atoms with Gasteiger partial charge in [-0.2, -0.15) is 0 Å². The summed E-state index contributed by atoms with van der Waals surface area (Å²) in [4.78, 5) is 0.173. The van der Waals surface area contributed by atoms with Crippen molar-refractivity contribution in [2.75, 3.05) is 6.61 Å². The fraction of sp³-hybridized carbons (Fsp3) is 0.200. The average molecular weight is 496 g/mol. The Labute approximate surface area is 144 Å². The minimum atomic E-state index is 0.173. The second-order valence-corrected chi connectivity index (χ2v) is 7.05. The molecular formula is C15H13Br2IO. The highest BCUT2D eigenvalue weighted by atomic mass is 127. The maximum absolute atomic E-state index is 5.50. The fourth-order valence-corrected chi connectivity index (χ4v) is 3.96. The van der Waals surface area contributed by atoms with Crippen LogP contribution in [0.1, 0.15) is 22.9 Å². The molecule has 100 valence electrons. The monoisotopic (exact) mass is 494 g/mol. The van der Waals surface area contributed by atoms with Gasteiger partial charge in [-0.3, -0.25) is 0 Å². The molecule has 0 aliphatic carbocycles. The van der Waals surface area contributed by atoms with Crippen LogP contribution in [-0.4, -0.2) is 6.61 Å². The van der Waals surface area contributed by atoms with E-state index in [4.69, 9.17) is 4.74 Å². The highest BCUT2D eigenvalue weighted by molar-refractivity contribution is 14.1. The molecule has 2 aromatic carbocycles. The van der Waals surface area contributed by atoms with Gasteiger partial charge in [0, 0.05) is 8.04 Å². The van der Waals surface area contributed by atoms with Crippen molar-refractivity contribution in [3.8, 4) is 5.75 Å². The Morgan fingerprint density at radius 1 is 1.21 bits per heavy atom. The van der Waals surface area contributed by atoms with Crippen molar-refractivity contribution < 1.29 is 4.74 Å². The smallest absolute Gasteiger partial charge is 0.120 e. The van der Waals surface area contributed by atoms with Gasteiger partial charge in [-0.15, -0.1) is 0 Å². The molecule has 19 heavy (non-hydrogen) atoms. The SMILES string of the molecule is CCOc1ccc(C(Br)c2cccc(I)c2)c(Br)c1. The first-order valence-corrected chi connectivity index (χ1v) is 8.72. The van der Waals surface area contributed by atoms with Gasteiger partial charge in [-0.1, -0.05) is 50.1 Å². The predicted molar refractivity (Wildman–Crippen MR) is 95.2 cm³/mol. The van der Waals surface area contributed by atoms with Crippen LogP contribution in [0.2, 0.25) is 0 Å². The summed E-state index contributed by atoms with van der Waals surface area (Å²) in [5, 5.41) is 0. The Bertz CT molecular complexity index is 572. The summed E-state index contributed by atoms with van der Waals surface area (Å²) in [5.74, 6) is 0.889. The van der Waals surface area contributed by atoms with Gasteiger partial charge in [0.1, 0.15) is 5.75 Å². The van der Waals surface area contributed by atoms with Crippen molar-refractivity contribution in [2.45, 2.75) is 11.8 Å². The first-order chi connectivity index (χ1) is 9.11. The highest BCUT2D eigenvalue weighted by Crippen LogP contribution is 2.37. The van der Waals surface area contributed by atoms with Crippen molar-refractivity contribution in [3.05, 3.63) is 61.6 Å². The molecule has 0 saturated carbocycles. The van der Waals surface area contributed by atoms with Crippen molar-refractivity contribution in [2.24, 2.45) is 0 Å². The van der Waals surface area contributed by atoms with Gasteiger partial charge in [0.15, 0.2) is 0 Å². The summed E-state index contributed by atoms with van der Waals surface area (Å²) in [6.45, 7) is 2.67. The van der Waals surface area contributed by atoms with E-state index in [0.717, 1.165) is 10.2 Å². The van der Waals surface area contributed by atoms with Crippen LogP contribution in [0.3, 0.4) is 0 Å². The van der Waals surface area contributed by atoms with Gasteiger partial charge in [-0.05, 0) is 64.9 Å². The van der Waals surface area contributed by atoms with E-state index in [2.05, 4.69) is 84.8 Å². The van der Waals surface area contributed by atoms with Crippen molar-refractivity contribution in [1.82, 2.24) is 0 Å². The standard InChI is InChI=1S/C15H13Br2IO/c1-2-19-12-6-7-13(14(16)9-12)15(17)10-4-3-5-11(18)8-10/h3-9,15H,2H2,1H3. The molecule has 1 unspecified atom stereocenters. The van der Waals surface area contributed by atoms with Crippen LogP contribution < -0.4 is 4.74 Å². The van der Waals surface area contributed by atoms with E-state index in [1.54, 1.807) is 0 Å². The molecule has 4 heteroatoms. The maximum atomic E-state index is 5.50. The zero-order chi connectivity index (χ0) is 13.8. The third-order valence-electron chi connectivity index (χ3n) is 2.70. The van der Waals surface area contributed by atoms with Crippen LogP contribution in [0.4, 0.5) is 0 Å². The largest absolute Gasteiger partial charge is 0.494 e. The quantitative estimate of drug-likeness (QED) is 0.377. The number of alkyl halides is 1. The lowest BCUT2D eigenvalue weighted by atomic mass is 10.0. The van der Waals surface area contributed by atoms with Gasteiger partial charge in [0.05, 0.1) is 11.4 Å². The third kappa shape index (κ3) is 3.95. The Morgan fingerprint density at radius 2 is 2.00 bits per heavy atom. The molecule has 0 amide bonds. The molecule has 2 rings (SSSR count). The molecule has 0 saturated heterocycles. The average Bonchev–Trinajstić information content (AvgIpc) is 2.38. The predicted octanol–water partition coefficient (Wildman–Crippen LogP) is 5.94. The lowest BCUT2D eigenvalue weighted by molar-refractivity contribution is 0.340. The van der Waals surface area contributed by atoms with Crippen molar-refractivity contribution in [1.29, 1.82) is 0 Å². The minimum Gasteiger partial charge on any atom is -0.494 e. The van der Waals surface area contributed by atoms with E-state index in [-0.39, 0.29) is 4.83 Å². The summed E-state index contributed by atoms with van der Waals surface area (Å²) in [7, 11) is 0. The van der Waals surface area contributed by atoms with Crippen LogP contribution in [-0.2, 0) is 0 Å². The second kappa shape index (κ2) is 7.09. The number of hydrogen-bond donors (Lipinski definition) is 0. The zero-order valence-corrected chi connectivity index (χ0v) is 15.7. The summed E-state index contributed by atoms with van der Waals surface area (Å²) < 4.78 is 7.79. The Hall–Kier alpha value is -0.0700. The van der Waals surface area contributed by atoms with Crippen LogP contribution in [0.5, 0.6) is 5.75 Å². The topological polar surface area (TPSA) is 9.23 Å². The molecule has 1 atom stereocenters. The summed E-state index contributed by atoms with van der Waals surface area (Å²) in [5.41, 5.74) is 2.45. The van der Waals surface area contributed by atoms with Crippen molar-refractivity contribution in [3.63, 3.8) is 0 Å². The number of rotatable bonds is 4. The zero-order valence-electron chi connectivity index (χ0n) is 10.4. The summed E-state index contributed by atoms with van der Waals surface area (Å²) >= 11 is 9.72.